The molecule has 1 aromatic carbocycles. The minimum Gasteiger partial charge on any atom is -0.184 e. The zero-order valence-electron chi connectivity index (χ0n) is 8.44. The highest BCUT2D eigenvalue weighted by Crippen LogP contribution is 2.18. The molecule has 2 aromatic rings. The molecule has 0 aliphatic heterocycles. The Hall–Kier alpha value is -1.64. The number of hydrogen-bond donors (Lipinski definition) is 0. The molecule has 0 radical (unpaired) electrons. The molecule has 1 aromatic heterocycles. The van der Waals surface area contributed by atoms with Gasteiger partial charge < -0.3 is 0 Å². The van der Waals surface area contributed by atoms with Crippen LogP contribution < -0.4 is 0 Å². The van der Waals surface area contributed by atoms with E-state index in [1.54, 1.807) is 4.80 Å². The summed E-state index contributed by atoms with van der Waals surface area (Å²) >= 11 is 0. The van der Waals surface area contributed by atoms with Crippen LogP contribution in [0, 0.1) is 6.92 Å². The molecule has 0 N–H and O–H groups in total. The zero-order chi connectivity index (χ0) is 9.97. The molecule has 14 heavy (non-hydrogen) atoms. The third kappa shape index (κ3) is 1.53. The number of aryl methyl sites for hydroxylation is 2. The fraction of sp³-hybridized carbons (Fsp3) is 0.273. The van der Waals surface area contributed by atoms with Gasteiger partial charge in [-0.15, -0.1) is 0 Å². The maximum atomic E-state index is 4.40. The Balaban J connectivity index is 2.46. The number of nitrogens with zero attached hydrogens (tertiary/aromatic N) is 3. The van der Waals surface area contributed by atoms with Crippen LogP contribution >= 0.6 is 0 Å². The SMILES string of the molecule is CCn1nc(C)c(-c2ccccc2)n1. The molecule has 0 atom stereocenters. The number of aromatic nitrogens is 3. The molecular formula is C11H13N3. The summed E-state index contributed by atoms with van der Waals surface area (Å²) in [6.07, 6.45) is 0. The standard InChI is InChI=1S/C11H13N3/c1-3-14-12-9(2)11(13-14)10-7-5-4-6-8-10/h4-8H,3H2,1-2H3. The first-order valence-electron chi connectivity index (χ1n) is 4.78. The second-order valence-corrected chi connectivity index (χ2v) is 3.19. The molecule has 0 unspecified atom stereocenters. The first-order valence-corrected chi connectivity index (χ1v) is 4.78. The van der Waals surface area contributed by atoms with Crippen molar-refractivity contribution in [1.82, 2.24) is 15.0 Å². The first kappa shape index (κ1) is 8.94. The number of hydrogen-bond acceptors (Lipinski definition) is 2. The summed E-state index contributed by atoms with van der Waals surface area (Å²) in [7, 11) is 0. The summed E-state index contributed by atoms with van der Waals surface area (Å²) in [6, 6.07) is 10.1. The van der Waals surface area contributed by atoms with E-state index in [1.807, 2.05) is 32.0 Å². The van der Waals surface area contributed by atoms with Crippen LogP contribution in [0.4, 0.5) is 0 Å². The van der Waals surface area contributed by atoms with Crippen LogP contribution in [0.25, 0.3) is 11.3 Å². The van der Waals surface area contributed by atoms with Gasteiger partial charge >= 0.3 is 0 Å². The van der Waals surface area contributed by atoms with Crippen molar-refractivity contribution in [1.29, 1.82) is 0 Å². The summed E-state index contributed by atoms with van der Waals surface area (Å²) in [4.78, 5) is 1.72. The molecule has 0 aliphatic carbocycles. The summed E-state index contributed by atoms with van der Waals surface area (Å²) in [5.41, 5.74) is 3.09. The van der Waals surface area contributed by atoms with Crippen molar-refractivity contribution in [3.8, 4) is 11.3 Å². The van der Waals surface area contributed by atoms with E-state index in [1.165, 1.54) is 0 Å². The molecule has 3 nitrogen and oxygen atoms in total. The van der Waals surface area contributed by atoms with Crippen LogP contribution in [0.15, 0.2) is 30.3 Å². The molecule has 2 rings (SSSR count). The lowest BCUT2D eigenvalue weighted by molar-refractivity contribution is 0.567. The molecule has 0 aliphatic rings. The van der Waals surface area contributed by atoms with Gasteiger partial charge in [0.1, 0.15) is 5.69 Å². The van der Waals surface area contributed by atoms with E-state index in [2.05, 4.69) is 22.3 Å². The Kier molecular flexibility index (Phi) is 2.31. The maximum absolute atomic E-state index is 4.40. The van der Waals surface area contributed by atoms with E-state index in [4.69, 9.17) is 0 Å². The van der Waals surface area contributed by atoms with Crippen molar-refractivity contribution < 1.29 is 0 Å². The third-order valence-electron chi connectivity index (χ3n) is 2.15. The Morgan fingerprint density at radius 2 is 1.86 bits per heavy atom. The smallest absolute Gasteiger partial charge is 0.115 e. The summed E-state index contributed by atoms with van der Waals surface area (Å²) < 4.78 is 0. The van der Waals surface area contributed by atoms with Gasteiger partial charge in [0.25, 0.3) is 0 Å². The maximum Gasteiger partial charge on any atom is 0.115 e. The lowest BCUT2D eigenvalue weighted by Crippen LogP contribution is -1.98. The van der Waals surface area contributed by atoms with Crippen molar-refractivity contribution in [2.45, 2.75) is 20.4 Å². The Labute approximate surface area is 83.4 Å². The van der Waals surface area contributed by atoms with E-state index in [9.17, 15) is 0 Å². The second-order valence-electron chi connectivity index (χ2n) is 3.19. The van der Waals surface area contributed by atoms with Crippen LogP contribution in [-0.2, 0) is 6.54 Å². The fourth-order valence-corrected chi connectivity index (χ4v) is 1.43. The quantitative estimate of drug-likeness (QED) is 0.722. The van der Waals surface area contributed by atoms with Gasteiger partial charge in [0.2, 0.25) is 0 Å². The summed E-state index contributed by atoms with van der Waals surface area (Å²) in [6.45, 7) is 4.84. The molecule has 0 bridgehead atoms. The van der Waals surface area contributed by atoms with Crippen LogP contribution in [0.2, 0.25) is 0 Å². The van der Waals surface area contributed by atoms with Crippen molar-refractivity contribution >= 4 is 0 Å². The molecule has 0 saturated carbocycles. The zero-order valence-corrected chi connectivity index (χ0v) is 8.44. The summed E-state index contributed by atoms with van der Waals surface area (Å²) in [5.74, 6) is 0. The van der Waals surface area contributed by atoms with Gasteiger partial charge in [-0.2, -0.15) is 15.0 Å². The van der Waals surface area contributed by atoms with E-state index in [0.717, 1.165) is 23.5 Å². The Bertz CT molecular complexity index is 417. The monoisotopic (exact) mass is 187 g/mol. The van der Waals surface area contributed by atoms with Crippen molar-refractivity contribution in [2.75, 3.05) is 0 Å². The molecule has 0 amide bonds. The largest absolute Gasteiger partial charge is 0.184 e. The minimum atomic E-state index is 0.813. The molecule has 3 heteroatoms. The van der Waals surface area contributed by atoms with E-state index < -0.39 is 0 Å². The molecular weight excluding hydrogens is 174 g/mol. The van der Waals surface area contributed by atoms with Gasteiger partial charge in [-0.3, -0.25) is 0 Å². The van der Waals surface area contributed by atoms with E-state index in [-0.39, 0.29) is 0 Å². The van der Waals surface area contributed by atoms with Gasteiger partial charge in [0, 0.05) is 5.56 Å². The van der Waals surface area contributed by atoms with Crippen LogP contribution in [0.1, 0.15) is 12.6 Å². The highest BCUT2D eigenvalue weighted by atomic mass is 15.5. The highest BCUT2D eigenvalue weighted by molar-refractivity contribution is 5.60. The lowest BCUT2D eigenvalue weighted by atomic mass is 10.1. The van der Waals surface area contributed by atoms with Crippen molar-refractivity contribution in [3.05, 3.63) is 36.0 Å². The fourth-order valence-electron chi connectivity index (χ4n) is 1.43. The molecule has 0 spiro atoms. The van der Waals surface area contributed by atoms with E-state index in [0.29, 0.717) is 0 Å². The predicted octanol–water partition coefficient (Wildman–Crippen LogP) is 2.27. The van der Waals surface area contributed by atoms with Gasteiger partial charge in [-0.05, 0) is 13.8 Å². The predicted molar refractivity (Wildman–Crippen MR) is 55.9 cm³/mol. The summed E-state index contributed by atoms with van der Waals surface area (Å²) in [5, 5.41) is 8.72. The van der Waals surface area contributed by atoms with E-state index >= 15 is 0 Å². The van der Waals surface area contributed by atoms with Crippen molar-refractivity contribution in [2.24, 2.45) is 0 Å². The minimum absolute atomic E-state index is 0.813. The van der Waals surface area contributed by atoms with Crippen LogP contribution in [0.3, 0.4) is 0 Å². The third-order valence-corrected chi connectivity index (χ3v) is 2.15. The molecule has 72 valence electrons. The van der Waals surface area contributed by atoms with Gasteiger partial charge in [-0.25, -0.2) is 0 Å². The topological polar surface area (TPSA) is 30.7 Å². The molecule has 0 saturated heterocycles. The van der Waals surface area contributed by atoms with Gasteiger partial charge in [0.05, 0.1) is 12.2 Å². The molecule has 0 fully saturated rings. The first-order chi connectivity index (χ1) is 6.81. The second kappa shape index (κ2) is 3.62. The number of benzene rings is 1. The van der Waals surface area contributed by atoms with Crippen LogP contribution in [-0.4, -0.2) is 15.0 Å². The average molecular weight is 187 g/mol. The highest BCUT2D eigenvalue weighted by Gasteiger charge is 2.07. The van der Waals surface area contributed by atoms with Crippen LogP contribution in [0.5, 0.6) is 0 Å². The number of rotatable bonds is 2. The van der Waals surface area contributed by atoms with Gasteiger partial charge in [0.15, 0.2) is 0 Å². The van der Waals surface area contributed by atoms with Gasteiger partial charge in [-0.1, -0.05) is 30.3 Å². The van der Waals surface area contributed by atoms with Crippen molar-refractivity contribution in [3.63, 3.8) is 0 Å². The molecule has 1 heterocycles. The normalized spacial score (nSPS) is 10.4. The Morgan fingerprint density at radius 1 is 1.14 bits per heavy atom. The Morgan fingerprint density at radius 3 is 2.43 bits per heavy atom. The lowest BCUT2D eigenvalue weighted by Gasteiger charge is -1.95. The average Bonchev–Trinajstić information content (AvgIpc) is 2.61.